The normalized spacial score (nSPS) is 24.7. The van der Waals surface area contributed by atoms with Crippen LogP contribution in [0.15, 0.2) is 12.3 Å². The minimum Gasteiger partial charge on any atom is -0.348 e. The van der Waals surface area contributed by atoms with Gasteiger partial charge in [0.25, 0.3) is 5.91 Å². The summed E-state index contributed by atoms with van der Waals surface area (Å²) in [6, 6.07) is 2.77. The number of hydrogen-bond acceptors (Lipinski definition) is 5. The molecule has 2 N–H and O–H groups in total. The number of carbonyl (C=O) groups is 1. The molecule has 0 spiro atoms. The molecular formula is C19H28N6O. The third-order valence-electron chi connectivity index (χ3n) is 5.66. The number of hydrogen-bond donors (Lipinski definition) is 2. The van der Waals surface area contributed by atoms with Gasteiger partial charge in [0.2, 0.25) is 0 Å². The summed E-state index contributed by atoms with van der Waals surface area (Å²) >= 11 is 0. The molecular weight excluding hydrogens is 328 g/mol. The Hall–Kier alpha value is -1.99. The highest BCUT2D eigenvalue weighted by atomic mass is 16.2. The van der Waals surface area contributed by atoms with Crippen molar-refractivity contribution in [3.8, 4) is 0 Å². The third kappa shape index (κ3) is 3.59. The number of imidazole rings is 1. The second kappa shape index (κ2) is 7.32. The molecule has 2 aliphatic rings. The Morgan fingerprint density at radius 2 is 1.92 bits per heavy atom. The molecule has 1 amide bonds. The molecule has 26 heavy (non-hydrogen) atoms. The van der Waals surface area contributed by atoms with E-state index in [1.807, 2.05) is 26.1 Å². The van der Waals surface area contributed by atoms with Crippen LogP contribution in [0.25, 0.3) is 5.65 Å². The summed E-state index contributed by atoms with van der Waals surface area (Å²) in [5.41, 5.74) is 3.16. The minimum absolute atomic E-state index is 0.0769. The fourth-order valence-electron chi connectivity index (χ4n) is 4.25. The Bertz CT molecular complexity index is 787. The molecule has 1 saturated heterocycles. The van der Waals surface area contributed by atoms with Crippen LogP contribution in [0.5, 0.6) is 0 Å². The quantitative estimate of drug-likeness (QED) is 0.867. The lowest BCUT2D eigenvalue weighted by atomic mass is 9.89. The van der Waals surface area contributed by atoms with E-state index in [-0.39, 0.29) is 11.9 Å². The van der Waals surface area contributed by atoms with E-state index in [1.54, 1.807) is 4.52 Å². The van der Waals surface area contributed by atoms with E-state index in [4.69, 9.17) is 0 Å². The number of nitrogens with zero attached hydrogens (tertiary/aromatic N) is 4. The molecule has 0 atom stereocenters. The summed E-state index contributed by atoms with van der Waals surface area (Å²) in [4.78, 5) is 19.7. The Morgan fingerprint density at radius 1 is 1.19 bits per heavy atom. The zero-order valence-electron chi connectivity index (χ0n) is 15.7. The van der Waals surface area contributed by atoms with Crippen molar-refractivity contribution in [1.29, 1.82) is 0 Å². The van der Waals surface area contributed by atoms with Gasteiger partial charge in [-0.15, -0.1) is 0 Å². The number of rotatable bonds is 3. The molecule has 0 aromatic carbocycles. The first-order chi connectivity index (χ1) is 12.6. The molecule has 7 heteroatoms. The Kier molecular flexibility index (Phi) is 4.91. The topological polar surface area (TPSA) is 74.6 Å². The molecule has 0 bridgehead atoms. The molecule has 1 aliphatic heterocycles. The number of nitrogens with one attached hydrogen (secondary N) is 2. The minimum atomic E-state index is -0.0769. The molecule has 0 radical (unpaired) electrons. The average Bonchev–Trinajstić information content (AvgIpc) is 3.04. The highest BCUT2D eigenvalue weighted by Gasteiger charge is 2.27. The number of carbonyl (C=O) groups excluding carboxylic acids is 1. The van der Waals surface area contributed by atoms with Crippen LogP contribution in [0.4, 0.5) is 0 Å². The van der Waals surface area contributed by atoms with Crippen molar-refractivity contribution in [3.05, 3.63) is 29.2 Å². The van der Waals surface area contributed by atoms with Crippen LogP contribution < -0.4 is 10.6 Å². The smallest absolute Gasteiger partial charge is 0.271 e. The molecule has 1 aliphatic carbocycles. The summed E-state index contributed by atoms with van der Waals surface area (Å²) in [5.74, 6) is -0.0769. The monoisotopic (exact) mass is 356 g/mol. The molecule has 2 fully saturated rings. The maximum absolute atomic E-state index is 12.7. The SMILES string of the molecule is Cc1cn2nc(C(=O)NC3CCC(N4CCNCC4)CC3)cc(C)c2n1. The number of piperazine rings is 1. The van der Waals surface area contributed by atoms with E-state index in [1.165, 1.54) is 0 Å². The standard InChI is InChI=1S/C19H28N6O/c1-13-11-17(23-25-12-14(2)21-18(13)25)19(26)22-15-3-5-16(6-4-15)24-9-7-20-8-10-24/h11-12,15-16,20H,3-10H2,1-2H3,(H,22,26). The van der Waals surface area contributed by atoms with Crippen molar-refractivity contribution < 1.29 is 4.79 Å². The molecule has 7 nitrogen and oxygen atoms in total. The van der Waals surface area contributed by atoms with Crippen molar-refractivity contribution in [1.82, 2.24) is 30.1 Å². The fourth-order valence-corrected chi connectivity index (χ4v) is 4.25. The fraction of sp³-hybridized carbons (Fsp3) is 0.632. The maximum Gasteiger partial charge on any atom is 0.271 e. The first kappa shape index (κ1) is 17.4. The lowest BCUT2D eigenvalue weighted by Crippen LogP contribution is -2.51. The molecule has 4 rings (SSSR count). The first-order valence-corrected chi connectivity index (χ1v) is 9.69. The molecule has 140 valence electrons. The van der Waals surface area contributed by atoms with Gasteiger partial charge in [0, 0.05) is 38.3 Å². The summed E-state index contributed by atoms with van der Waals surface area (Å²) in [6.07, 6.45) is 6.28. The largest absolute Gasteiger partial charge is 0.348 e. The van der Waals surface area contributed by atoms with Gasteiger partial charge in [0.15, 0.2) is 5.65 Å². The predicted octanol–water partition coefficient (Wildman–Crippen LogP) is 1.29. The van der Waals surface area contributed by atoms with Crippen LogP contribution in [0, 0.1) is 13.8 Å². The average molecular weight is 356 g/mol. The molecule has 1 saturated carbocycles. The molecule has 0 unspecified atom stereocenters. The van der Waals surface area contributed by atoms with Gasteiger partial charge in [0.1, 0.15) is 5.69 Å². The highest BCUT2D eigenvalue weighted by Crippen LogP contribution is 2.23. The van der Waals surface area contributed by atoms with E-state index in [0.29, 0.717) is 11.7 Å². The van der Waals surface area contributed by atoms with E-state index in [9.17, 15) is 4.79 Å². The van der Waals surface area contributed by atoms with Gasteiger partial charge in [-0.05, 0) is 51.2 Å². The van der Waals surface area contributed by atoms with Crippen LogP contribution in [-0.4, -0.2) is 63.7 Å². The van der Waals surface area contributed by atoms with Crippen molar-refractivity contribution in [3.63, 3.8) is 0 Å². The summed E-state index contributed by atoms with van der Waals surface area (Å²) < 4.78 is 1.71. The van der Waals surface area contributed by atoms with Crippen LogP contribution in [0.1, 0.15) is 47.4 Å². The van der Waals surface area contributed by atoms with Crippen molar-refractivity contribution in [2.75, 3.05) is 26.2 Å². The number of aromatic nitrogens is 3. The van der Waals surface area contributed by atoms with Crippen LogP contribution in [0.2, 0.25) is 0 Å². The number of fused-ring (bicyclic) bond motifs is 1. The lowest BCUT2D eigenvalue weighted by molar-refractivity contribution is 0.0888. The second-order valence-corrected chi connectivity index (χ2v) is 7.63. The number of aryl methyl sites for hydroxylation is 2. The summed E-state index contributed by atoms with van der Waals surface area (Å²) in [6.45, 7) is 8.39. The van der Waals surface area contributed by atoms with Crippen LogP contribution >= 0.6 is 0 Å². The maximum atomic E-state index is 12.7. The molecule has 2 aromatic heterocycles. The van der Waals surface area contributed by atoms with Crippen LogP contribution in [0.3, 0.4) is 0 Å². The third-order valence-corrected chi connectivity index (χ3v) is 5.66. The van der Waals surface area contributed by atoms with Gasteiger partial charge in [-0.2, -0.15) is 5.10 Å². The van der Waals surface area contributed by atoms with Gasteiger partial charge in [-0.1, -0.05) is 0 Å². The Morgan fingerprint density at radius 3 is 2.65 bits per heavy atom. The molecule has 3 heterocycles. The van der Waals surface area contributed by atoms with Crippen molar-refractivity contribution in [2.24, 2.45) is 0 Å². The van der Waals surface area contributed by atoms with Crippen molar-refractivity contribution >= 4 is 11.6 Å². The van der Waals surface area contributed by atoms with Gasteiger partial charge in [-0.25, -0.2) is 9.50 Å². The van der Waals surface area contributed by atoms with Crippen LogP contribution in [-0.2, 0) is 0 Å². The Balaban J connectivity index is 1.36. The lowest BCUT2D eigenvalue weighted by Gasteiger charge is -2.39. The van der Waals surface area contributed by atoms with Gasteiger partial charge in [-0.3, -0.25) is 9.69 Å². The Labute approximate surface area is 154 Å². The van der Waals surface area contributed by atoms with Crippen molar-refractivity contribution in [2.45, 2.75) is 51.6 Å². The van der Waals surface area contributed by atoms with E-state index in [2.05, 4.69) is 25.6 Å². The van der Waals surface area contributed by atoms with Gasteiger partial charge < -0.3 is 10.6 Å². The summed E-state index contributed by atoms with van der Waals surface area (Å²) in [7, 11) is 0. The van der Waals surface area contributed by atoms with E-state index >= 15 is 0 Å². The van der Waals surface area contributed by atoms with E-state index < -0.39 is 0 Å². The zero-order valence-corrected chi connectivity index (χ0v) is 15.7. The predicted molar refractivity (Wildman–Crippen MR) is 100 cm³/mol. The van der Waals surface area contributed by atoms with Gasteiger partial charge in [0.05, 0.1) is 11.9 Å². The zero-order chi connectivity index (χ0) is 18.1. The molecule has 2 aromatic rings. The van der Waals surface area contributed by atoms with Gasteiger partial charge >= 0.3 is 0 Å². The highest BCUT2D eigenvalue weighted by molar-refractivity contribution is 5.92. The first-order valence-electron chi connectivity index (χ1n) is 9.69. The van der Waals surface area contributed by atoms with E-state index in [0.717, 1.165) is 68.8 Å². The second-order valence-electron chi connectivity index (χ2n) is 7.63. The number of amides is 1. The summed E-state index contributed by atoms with van der Waals surface area (Å²) in [5, 5.41) is 11.0.